The van der Waals surface area contributed by atoms with Gasteiger partial charge in [-0.05, 0) is 37.1 Å². The van der Waals surface area contributed by atoms with Crippen molar-refractivity contribution in [3.63, 3.8) is 0 Å². The van der Waals surface area contributed by atoms with Gasteiger partial charge in [-0.15, -0.1) is 11.8 Å². The fourth-order valence-electron chi connectivity index (χ4n) is 1.67. The summed E-state index contributed by atoms with van der Waals surface area (Å²) in [4.78, 5) is 16.6. The molecule has 0 radical (unpaired) electrons. The van der Waals surface area contributed by atoms with Crippen LogP contribution in [0, 0.1) is 6.92 Å². The van der Waals surface area contributed by atoms with Crippen LogP contribution in [0.4, 0.5) is 0 Å². The third-order valence-electron chi connectivity index (χ3n) is 2.58. The first-order valence-corrected chi connectivity index (χ1v) is 6.78. The average Bonchev–Trinajstić information content (AvgIpc) is 2.37. The second-order valence-electron chi connectivity index (χ2n) is 4.24. The Bertz CT molecular complexity index is 566. The number of benzene rings is 1. The molecule has 2 nitrogen and oxygen atoms in total. The summed E-state index contributed by atoms with van der Waals surface area (Å²) in [6.07, 6.45) is 3.74. The molecule has 1 aromatic heterocycles. The number of aromatic nitrogens is 1. The van der Waals surface area contributed by atoms with Gasteiger partial charge in [0.2, 0.25) is 0 Å². The molecule has 0 fully saturated rings. The van der Waals surface area contributed by atoms with Crippen molar-refractivity contribution in [2.45, 2.75) is 24.5 Å². The molecule has 0 spiro atoms. The van der Waals surface area contributed by atoms with Gasteiger partial charge in [0, 0.05) is 28.6 Å². The smallest absolute Gasteiger partial charge is 0.159 e. The maximum absolute atomic E-state index is 11.3. The Labute approximate surface area is 111 Å². The highest BCUT2D eigenvalue weighted by atomic mass is 32.2. The molecular weight excluding hydrogens is 242 g/mol. The zero-order valence-electron chi connectivity index (χ0n) is 10.5. The summed E-state index contributed by atoms with van der Waals surface area (Å²) in [7, 11) is 0. The van der Waals surface area contributed by atoms with Gasteiger partial charge in [-0.3, -0.25) is 9.78 Å². The Balaban J connectivity index is 2.06. The zero-order chi connectivity index (χ0) is 13.0. The lowest BCUT2D eigenvalue weighted by atomic mass is 10.2. The quantitative estimate of drug-likeness (QED) is 0.615. The van der Waals surface area contributed by atoms with Gasteiger partial charge in [-0.25, -0.2) is 0 Å². The van der Waals surface area contributed by atoms with Gasteiger partial charge in [0.15, 0.2) is 5.78 Å². The molecule has 0 aliphatic heterocycles. The van der Waals surface area contributed by atoms with E-state index in [2.05, 4.69) is 11.1 Å². The van der Waals surface area contributed by atoms with E-state index in [0.29, 0.717) is 0 Å². The second-order valence-corrected chi connectivity index (χ2v) is 5.29. The predicted molar refractivity (Wildman–Crippen MR) is 75.0 cm³/mol. The van der Waals surface area contributed by atoms with Crippen molar-refractivity contribution < 1.29 is 4.79 Å². The normalized spacial score (nSPS) is 10.3. The molecule has 0 unspecified atom stereocenters. The molecule has 0 amide bonds. The van der Waals surface area contributed by atoms with Crippen LogP contribution >= 0.6 is 11.8 Å². The summed E-state index contributed by atoms with van der Waals surface area (Å²) in [5.41, 5.74) is 3.14. The molecule has 1 heterocycles. The molecule has 1 aromatic carbocycles. The number of hydrogen-bond acceptors (Lipinski definition) is 3. The monoisotopic (exact) mass is 257 g/mol. The van der Waals surface area contributed by atoms with Crippen molar-refractivity contribution in [1.29, 1.82) is 0 Å². The fourth-order valence-corrected chi connectivity index (χ4v) is 2.54. The van der Waals surface area contributed by atoms with E-state index in [-0.39, 0.29) is 5.78 Å². The number of ketones is 1. The molecule has 2 aromatic rings. The number of Topliss-reactive ketones (excluding diaryl/α,β-unsaturated/α-hetero) is 1. The standard InChI is InChI=1S/C15H15NOS/c1-11-6-13(9-16-8-11)10-18-15-5-3-4-14(7-15)12(2)17/h3-9H,10H2,1-2H3. The Morgan fingerprint density at radius 3 is 2.83 bits per heavy atom. The number of rotatable bonds is 4. The van der Waals surface area contributed by atoms with Crippen LogP contribution in [0.15, 0.2) is 47.6 Å². The molecular formula is C15H15NOS. The number of hydrogen-bond donors (Lipinski definition) is 0. The fraction of sp³-hybridized carbons (Fsp3) is 0.200. The summed E-state index contributed by atoms with van der Waals surface area (Å²) >= 11 is 1.72. The van der Waals surface area contributed by atoms with Crippen molar-refractivity contribution in [3.8, 4) is 0 Å². The van der Waals surface area contributed by atoms with Gasteiger partial charge >= 0.3 is 0 Å². The van der Waals surface area contributed by atoms with Gasteiger partial charge in [-0.2, -0.15) is 0 Å². The number of thioether (sulfide) groups is 1. The Hall–Kier alpha value is -1.61. The van der Waals surface area contributed by atoms with E-state index in [4.69, 9.17) is 0 Å². The SMILES string of the molecule is CC(=O)c1cccc(SCc2cncc(C)c2)c1. The Morgan fingerprint density at radius 2 is 2.11 bits per heavy atom. The second kappa shape index (κ2) is 5.83. The van der Waals surface area contributed by atoms with E-state index >= 15 is 0 Å². The predicted octanol–water partition coefficient (Wildman–Crippen LogP) is 3.88. The van der Waals surface area contributed by atoms with Gasteiger partial charge in [0.05, 0.1) is 0 Å². The summed E-state index contributed by atoms with van der Waals surface area (Å²) in [6.45, 7) is 3.63. The van der Waals surface area contributed by atoms with Gasteiger partial charge < -0.3 is 0 Å². The molecule has 0 N–H and O–H groups in total. The van der Waals surface area contributed by atoms with Crippen LogP contribution in [-0.2, 0) is 5.75 Å². The van der Waals surface area contributed by atoms with Gasteiger partial charge in [-0.1, -0.05) is 18.2 Å². The molecule has 18 heavy (non-hydrogen) atoms. The maximum Gasteiger partial charge on any atom is 0.159 e. The molecule has 0 aliphatic rings. The van der Waals surface area contributed by atoms with E-state index < -0.39 is 0 Å². The van der Waals surface area contributed by atoms with Crippen LogP contribution < -0.4 is 0 Å². The highest BCUT2D eigenvalue weighted by molar-refractivity contribution is 7.98. The van der Waals surface area contributed by atoms with Crippen molar-refractivity contribution in [2.24, 2.45) is 0 Å². The largest absolute Gasteiger partial charge is 0.295 e. The van der Waals surface area contributed by atoms with Crippen LogP contribution in [0.3, 0.4) is 0 Å². The van der Waals surface area contributed by atoms with E-state index in [1.165, 1.54) is 11.1 Å². The lowest BCUT2D eigenvalue weighted by Gasteiger charge is -2.04. The summed E-state index contributed by atoms with van der Waals surface area (Å²) in [5.74, 6) is 0.977. The van der Waals surface area contributed by atoms with Crippen molar-refractivity contribution >= 4 is 17.5 Å². The molecule has 0 atom stereocenters. The summed E-state index contributed by atoms with van der Waals surface area (Å²) in [6, 6.07) is 9.87. The van der Waals surface area contributed by atoms with E-state index in [0.717, 1.165) is 16.2 Å². The Morgan fingerprint density at radius 1 is 1.28 bits per heavy atom. The molecule has 0 bridgehead atoms. The molecule has 2 rings (SSSR count). The third-order valence-corrected chi connectivity index (χ3v) is 3.64. The molecule has 0 saturated carbocycles. The van der Waals surface area contributed by atoms with Crippen LogP contribution in [-0.4, -0.2) is 10.8 Å². The van der Waals surface area contributed by atoms with Crippen molar-refractivity contribution in [2.75, 3.05) is 0 Å². The summed E-state index contributed by atoms with van der Waals surface area (Å²) in [5, 5.41) is 0. The number of pyridine rings is 1. The highest BCUT2D eigenvalue weighted by Gasteiger charge is 2.02. The lowest BCUT2D eigenvalue weighted by molar-refractivity contribution is 0.101. The van der Waals surface area contributed by atoms with E-state index in [1.807, 2.05) is 43.6 Å². The third kappa shape index (κ3) is 3.44. The van der Waals surface area contributed by atoms with Crippen molar-refractivity contribution in [1.82, 2.24) is 4.98 Å². The number of carbonyl (C=O) groups excluding carboxylic acids is 1. The highest BCUT2D eigenvalue weighted by Crippen LogP contribution is 2.23. The first-order valence-electron chi connectivity index (χ1n) is 5.79. The first kappa shape index (κ1) is 12.8. The van der Waals surface area contributed by atoms with Crippen LogP contribution in [0.5, 0.6) is 0 Å². The molecule has 0 aliphatic carbocycles. The van der Waals surface area contributed by atoms with Gasteiger partial charge in [0.25, 0.3) is 0 Å². The van der Waals surface area contributed by atoms with E-state index in [9.17, 15) is 4.79 Å². The topological polar surface area (TPSA) is 30.0 Å². The van der Waals surface area contributed by atoms with Crippen LogP contribution in [0.2, 0.25) is 0 Å². The number of carbonyl (C=O) groups is 1. The molecule has 3 heteroatoms. The van der Waals surface area contributed by atoms with E-state index in [1.54, 1.807) is 18.7 Å². The minimum atomic E-state index is 0.106. The minimum Gasteiger partial charge on any atom is -0.295 e. The average molecular weight is 257 g/mol. The zero-order valence-corrected chi connectivity index (χ0v) is 11.3. The van der Waals surface area contributed by atoms with Crippen LogP contribution in [0.1, 0.15) is 28.4 Å². The summed E-state index contributed by atoms with van der Waals surface area (Å²) < 4.78 is 0. The minimum absolute atomic E-state index is 0.106. The lowest BCUT2D eigenvalue weighted by Crippen LogP contribution is -1.91. The maximum atomic E-state index is 11.3. The number of aryl methyl sites for hydroxylation is 1. The molecule has 0 saturated heterocycles. The first-order chi connectivity index (χ1) is 8.65. The van der Waals surface area contributed by atoms with Crippen LogP contribution in [0.25, 0.3) is 0 Å². The number of nitrogens with zero attached hydrogens (tertiary/aromatic N) is 1. The molecule has 92 valence electrons. The van der Waals surface area contributed by atoms with Gasteiger partial charge in [0.1, 0.15) is 0 Å². The Kier molecular flexibility index (Phi) is 4.15. The van der Waals surface area contributed by atoms with Crippen molar-refractivity contribution in [3.05, 3.63) is 59.4 Å².